The molecule has 0 atom stereocenters. The van der Waals surface area contributed by atoms with Gasteiger partial charge in [-0.2, -0.15) is 0 Å². The van der Waals surface area contributed by atoms with Gasteiger partial charge in [-0.15, -0.1) is 0 Å². The molecule has 0 heterocycles. The molecule has 0 saturated heterocycles. The zero-order valence-electron chi connectivity index (χ0n) is 10.6. The predicted molar refractivity (Wildman–Crippen MR) is 73.1 cm³/mol. The molecular formula is C15H19NO2. The highest BCUT2D eigenvalue weighted by molar-refractivity contribution is 6.05. The molecule has 0 radical (unpaired) electrons. The minimum atomic E-state index is -0.0331. The van der Waals surface area contributed by atoms with Gasteiger partial charge in [0.2, 0.25) is 0 Å². The maximum atomic E-state index is 11.8. The summed E-state index contributed by atoms with van der Waals surface area (Å²) < 4.78 is 0. The molecule has 1 aromatic carbocycles. The van der Waals surface area contributed by atoms with Crippen molar-refractivity contribution >= 4 is 5.78 Å². The number of allylic oxidation sites excluding steroid dienone is 3. The van der Waals surface area contributed by atoms with Crippen molar-refractivity contribution in [1.82, 2.24) is 0 Å². The number of nitrogens with two attached hydrogens (primary N) is 1. The molecule has 1 saturated carbocycles. The van der Waals surface area contributed by atoms with Crippen LogP contribution in [0.15, 0.2) is 53.8 Å². The summed E-state index contributed by atoms with van der Waals surface area (Å²) in [6.45, 7) is 0. The van der Waals surface area contributed by atoms with Gasteiger partial charge in [-0.3, -0.25) is 4.79 Å². The van der Waals surface area contributed by atoms with Gasteiger partial charge >= 0.3 is 0 Å². The molecule has 1 fully saturated rings. The summed E-state index contributed by atoms with van der Waals surface area (Å²) in [6, 6.07) is 9.18. The lowest BCUT2D eigenvalue weighted by Gasteiger charge is -2.15. The van der Waals surface area contributed by atoms with Gasteiger partial charge in [-0.1, -0.05) is 35.9 Å². The van der Waals surface area contributed by atoms with Gasteiger partial charge in [-0.25, -0.2) is 0 Å². The monoisotopic (exact) mass is 245 g/mol. The van der Waals surface area contributed by atoms with E-state index in [2.05, 4.69) is 0 Å². The predicted octanol–water partition coefficient (Wildman–Crippen LogP) is 2.43. The highest BCUT2D eigenvalue weighted by Gasteiger charge is 2.08. The van der Waals surface area contributed by atoms with Crippen LogP contribution in [0.25, 0.3) is 0 Å². The first-order valence-electron chi connectivity index (χ1n) is 5.96. The van der Waals surface area contributed by atoms with E-state index in [9.17, 15) is 4.79 Å². The Morgan fingerprint density at radius 3 is 2.33 bits per heavy atom. The second kappa shape index (κ2) is 7.45. The van der Waals surface area contributed by atoms with Crippen LogP contribution < -0.4 is 5.73 Å². The van der Waals surface area contributed by atoms with Crippen LogP contribution in [0.2, 0.25) is 0 Å². The second-order valence-electron chi connectivity index (χ2n) is 4.03. The molecule has 18 heavy (non-hydrogen) atoms. The zero-order valence-corrected chi connectivity index (χ0v) is 10.6. The minimum Gasteiger partial charge on any atom is -0.400 e. The largest absolute Gasteiger partial charge is 0.400 e. The Kier molecular flexibility index (Phi) is 5.88. The van der Waals surface area contributed by atoms with Crippen molar-refractivity contribution in [3.05, 3.63) is 59.3 Å². The van der Waals surface area contributed by atoms with E-state index in [1.807, 2.05) is 24.3 Å². The van der Waals surface area contributed by atoms with Crippen molar-refractivity contribution in [3.63, 3.8) is 0 Å². The van der Waals surface area contributed by atoms with E-state index >= 15 is 0 Å². The molecule has 0 aromatic heterocycles. The van der Waals surface area contributed by atoms with Crippen LogP contribution in [-0.2, 0) is 0 Å². The number of aliphatic hydroxyl groups excluding tert-OH is 1. The number of ketones is 1. The number of aliphatic hydroxyl groups is 1. The molecule has 0 aliphatic heterocycles. The summed E-state index contributed by atoms with van der Waals surface area (Å²) in [5.41, 5.74) is 8.37. The van der Waals surface area contributed by atoms with Crippen LogP contribution >= 0.6 is 0 Å². The van der Waals surface area contributed by atoms with E-state index in [-0.39, 0.29) is 5.78 Å². The quantitative estimate of drug-likeness (QED) is 0.635. The fourth-order valence-corrected chi connectivity index (χ4v) is 1.64. The van der Waals surface area contributed by atoms with Crippen molar-refractivity contribution in [2.45, 2.75) is 19.3 Å². The number of rotatable bonds is 3. The third kappa shape index (κ3) is 4.18. The first-order chi connectivity index (χ1) is 8.75. The molecule has 3 heteroatoms. The number of benzene rings is 1. The Morgan fingerprint density at radius 1 is 1.22 bits per heavy atom. The zero-order chi connectivity index (χ0) is 13.4. The van der Waals surface area contributed by atoms with E-state index in [0.29, 0.717) is 11.3 Å². The molecule has 0 bridgehead atoms. The number of carbonyl (C=O) groups excluding carboxylic acids is 1. The SMILES string of the molecule is CO.N/C(C=C1CCC1)=C\C(=O)c1ccccc1. The standard InChI is InChI=1S/C14H15NO.CH4O/c15-13(9-11-5-4-6-11)10-14(16)12-7-2-1-3-8-12;1-2/h1-3,7-10H,4-6,15H2;2H,1H3/b13-10-;. The van der Waals surface area contributed by atoms with E-state index in [4.69, 9.17) is 10.8 Å². The van der Waals surface area contributed by atoms with Gasteiger partial charge in [0.15, 0.2) is 5.78 Å². The van der Waals surface area contributed by atoms with Gasteiger partial charge < -0.3 is 10.8 Å². The Balaban J connectivity index is 0.000000771. The maximum absolute atomic E-state index is 11.8. The van der Waals surface area contributed by atoms with Crippen LogP contribution in [0.1, 0.15) is 29.6 Å². The van der Waals surface area contributed by atoms with Crippen LogP contribution in [0, 0.1) is 0 Å². The lowest BCUT2D eigenvalue weighted by molar-refractivity contribution is 0.104. The first kappa shape index (κ1) is 14.2. The summed E-state index contributed by atoms with van der Waals surface area (Å²) >= 11 is 0. The van der Waals surface area contributed by atoms with Gasteiger partial charge in [0, 0.05) is 24.4 Å². The molecule has 0 spiro atoms. The van der Waals surface area contributed by atoms with Gasteiger partial charge in [0.05, 0.1) is 0 Å². The Bertz CT molecular complexity index is 441. The van der Waals surface area contributed by atoms with Crippen molar-refractivity contribution in [2.75, 3.05) is 7.11 Å². The average molecular weight is 245 g/mol. The van der Waals surface area contributed by atoms with Crippen molar-refractivity contribution < 1.29 is 9.90 Å². The molecule has 0 unspecified atom stereocenters. The molecule has 0 amide bonds. The molecular weight excluding hydrogens is 226 g/mol. The number of carbonyl (C=O) groups is 1. The highest BCUT2D eigenvalue weighted by atomic mass is 16.2. The van der Waals surface area contributed by atoms with Gasteiger partial charge in [0.1, 0.15) is 0 Å². The summed E-state index contributed by atoms with van der Waals surface area (Å²) in [6.07, 6.45) is 6.90. The molecule has 1 aliphatic carbocycles. The average Bonchev–Trinajstić information content (AvgIpc) is 2.37. The number of hydrogen-bond donors (Lipinski definition) is 2. The summed E-state index contributed by atoms with van der Waals surface area (Å²) in [5.74, 6) is -0.0331. The molecule has 1 aliphatic rings. The van der Waals surface area contributed by atoms with Gasteiger partial charge in [0.25, 0.3) is 0 Å². The number of hydrogen-bond acceptors (Lipinski definition) is 3. The topological polar surface area (TPSA) is 63.3 Å². The van der Waals surface area contributed by atoms with E-state index in [0.717, 1.165) is 20.0 Å². The molecule has 96 valence electrons. The second-order valence-corrected chi connectivity index (χ2v) is 4.03. The summed E-state index contributed by atoms with van der Waals surface area (Å²) in [4.78, 5) is 11.8. The summed E-state index contributed by atoms with van der Waals surface area (Å²) in [5, 5.41) is 7.00. The summed E-state index contributed by atoms with van der Waals surface area (Å²) in [7, 11) is 1.00. The van der Waals surface area contributed by atoms with Crippen LogP contribution in [0.4, 0.5) is 0 Å². The fourth-order valence-electron chi connectivity index (χ4n) is 1.64. The van der Waals surface area contributed by atoms with Crippen molar-refractivity contribution in [1.29, 1.82) is 0 Å². The molecule has 3 nitrogen and oxygen atoms in total. The molecule has 3 N–H and O–H groups in total. The van der Waals surface area contributed by atoms with Crippen molar-refractivity contribution in [3.8, 4) is 0 Å². The maximum Gasteiger partial charge on any atom is 0.187 e. The van der Waals surface area contributed by atoms with Crippen LogP contribution in [0.5, 0.6) is 0 Å². The fraction of sp³-hybridized carbons (Fsp3) is 0.267. The van der Waals surface area contributed by atoms with Crippen molar-refractivity contribution in [2.24, 2.45) is 5.73 Å². The molecule has 2 rings (SSSR count). The lowest BCUT2D eigenvalue weighted by Crippen LogP contribution is -2.04. The first-order valence-corrected chi connectivity index (χ1v) is 5.96. The minimum absolute atomic E-state index is 0.0331. The molecule has 1 aromatic rings. The van der Waals surface area contributed by atoms with Crippen LogP contribution in [-0.4, -0.2) is 18.0 Å². The van der Waals surface area contributed by atoms with E-state index in [1.165, 1.54) is 18.1 Å². The van der Waals surface area contributed by atoms with Gasteiger partial charge in [-0.05, 0) is 25.3 Å². The lowest BCUT2D eigenvalue weighted by atomic mass is 9.91. The normalized spacial score (nSPS) is 14.1. The van der Waals surface area contributed by atoms with E-state index < -0.39 is 0 Å². The van der Waals surface area contributed by atoms with Crippen LogP contribution in [0.3, 0.4) is 0 Å². The Labute approximate surface area is 108 Å². The smallest absolute Gasteiger partial charge is 0.187 e. The Hall–Kier alpha value is -1.87. The highest BCUT2D eigenvalue weighted by Crippen LogP contribution is 2.25. The Morgan fingerprint density at radius 2 is 1.83 bits per heavy atom. The third-order valence-corrected chi connectivity index (χ3v) is 2.72. The third-order valence-electron chi connectivity index (χ3n) is 2.72. The van der Waals surface area contributed by atoms with E-state index in [1.54, 1.807) is 12.1 Å².